The molecule has 0 aliphatic carbocycles. The average Bonchev–Trinajstić information content (AvgIpc) is 2.95. The van der Waals surface area contributed by atoms with Gasteiger partial charge in [-0.1, -0.05) is 80.9 Å². The van der Waals surface area contributed by atoms with E-state index in [-0.39, 0.29) is 17.6 Å². The van der Waals surface area contributed by atoms with Crippen LogP contribution >= 0.6 is 0 Å². The molecule has 1 unspecified atom stereocenters. The number of para-hydroxylation sites is 2. The fourth-order valence-corrected chi connectivity index (χ4v) is 5.13. The van der Waals surface area contributed by atoms with Gasteiger partial charge in [0.25, 0.3) is 5.91 Å². The lowest BCUT2D eigenvalue weighted by atomic mass is 9.99. The van der Waals surface area contributed by atoms with Gasteiger partial charge in [-0.25, -0.2) is 0 Å². The topological polar surface area (TPSA) is 57.7 Å². The van der Waals surface area contributed by atoms with Crippen LogP contribution in [0.2, 0.25) is 0 Å². The highest BCUT2D eigenvalue weighted by atomic mass is 16.2. The highest BCUT2D eigenvalue weighted by molar-refractivity contribution is 6.09. The Morgan fingerprint density at radius 3 is 2.15 bits per heavy atom. The lowest BCUT2D eigenvalue weighted by Crippen LogP contribution is -2.36. The Morgan fingerprint density at radius 1 is 0.846 bits per heavy atom. The van der Waals surface area contributed by atoms with Crippen LogP contribution in [0, 0.1) is 12.8 Å². The van der Waals surface area contributed by atoms with Crippen LogP contribution in [0.25, 0.3) is 10.8 Å². The molecule has 0 aliphatic heterocycles. The van der Waals surface area contributed by atoms with Gasteiger partial charge in [-0.05, 0) is 72.4 Å². The number of nitrogens with zero attached hydrogens (tertiary/aromatic N) is 2. The van der Waals surface area contributed by atoms with Crippen molar-refractivity contribution in [2.45, 2.75) is 47.1 Å². The summed E-state index contributed by atoms with van der Waals surface area (Å²) < 4.78 is 0. The number of aryl methyl sites for hydroxylation is 1. The van der Waals surface area contributed by atoms with E-state index in [2.05, 4.69) is 45.0 Å². The monoisotopic (exact) mass is 520 g/mol. The standard InChI is InChI=1S/C34H36N2O3/c1-5-10-24(2)21-36(34(39)29-19-17-27(18-20-29)26(4)38)33-14-9-8-13-32(33)35(23-37)22-31-25(3)15-16-28-11-6-7-12-30(28)31/h6-9,11-20,23-24H,5,10,21-22H2,1-4H3. The lowest BCUT2D eigenvalue weighted by Gasteiger charge is -2.31. The summed E-state index contributed by atoms with van der Waals surface area (Å²) in [6, 6.07) is 26.7. The fourth-order valence-electron chi connectivity index (χ4n) is 5.13. The molecule has 4 rings (SSSR count). The Kier molecular flexibility index (Phi) is 8.92. The van der Waals surface area contributed by atoms with Gasteiger partial charge < -0.3 is 9.80 Å². The third-order valence-corrected chi connectivity index (χ3v) is 7.27. The van der Waals surface area contributed by atoms with Crippen LogP contribution in [0.15, 0.2) is 84.9 Å². The normalized spacial score (nSPS) is 11.7. The molecule has 0 saturated heterocycles. The van der Waals surface area contributed by atoms with E-state index in [1.165, 1.54) is 6.92 Å². The lowest BCUT2D eigenvalue weighted by molar-refractivity contribution is -0.107. The van der Waals surface area contributed by atoms with Crippen LogP contribution in [-0.2, 0) is 11.3 Å². The maximum absolute atomic E-state index is 14.0. The maximum Gasteiger partial charge on any atom is 0.258 e. The second kappa shape index (κ2) is 12.5. The van der Waals surface area contributed by atoms with E-state index in [4.69, 9.17) is 0 Å². The van der Waals surface area contributed by atoms with Gasteiger partial charge in [-0.3, -0.25) is 14.4 Å². The minimum atomic E-state index is -0.160. The van der Waals surface area contributed by atoms with E-state index in [1.54, 1.807) is 34.1 Å². The second-order valence-electron chi connectivity index (χ2n) is 10.2. The molecule has 200 valence electrons. The van der Waals surface area contributed by atoms with Gasteiger partial charge in [0.1, 0.15) is 0 Å². The molecule has 4 aromatic carbocycles. The highest BCUT2D eigenvalue weighted by Crippen LogP contribution is 2.33. The van der Waals surface area contributed by atoms with E-state index in [0.29, 0.717) is 35.6 Å². The predicted molar refractivity (Wildman–Crippen MR) is 160 cm³/mol. The molecule has 0 heterocycles. The number of carbonyl (C=O) groups is 3. The first-order valence-electron chi connectivity index (χ1n) is 13.5. The Bertz CT molecular complexity index is 1480. The SMILES string of the molecule is CCCC(C)CN(C(=O)c1ccc(C(C)=O)cc1)c1ccccc1N(C=O)Cc1c(C)ccc2ccccc12. The summed E-state index contributed by atoms with van der Waals surface area (Å²) in [4.78, 5) is 41.8. The summed E-state index contributed by atoms with van der Waals surface area (Å²) >= 11 is 0. The van der Waals surface area contributed by atoms with Crippen molar-refractivity contribution in [3.05, 3.63) is 107 Å². The molecule has 0 radical (unpaired) electrons. The van der Waals surface area contributed by atoms with Gasteiger partial charge in [0.15, 0.2) is 5.78 Å². The smallest absolute Gasteiger partial charge is 0.258 e. The van der Waals surface area contributed by atoms with E-state index in [1.807, 2.05) is 36.4 Å². The number of fused-ring (bicyclic) bond motifs is 1. The van der Waals surface area contributed by atoms with Gasteiger partial charge in [0.2, 0.25) is 6.41 Å². The second-order valence-corrected chi connectivity index (χ2v) is 10.2. The summed E-state index contributed by atoms with van der Waals surface area (Å²) in [6.45, 7) is 8.74. The summed E-state index contributed by atoms with van der Waals surface area (Å²) in [5.74, 6) is 0.0549. The number of Topliss-reactive ketones (excluding diaryl/α,β-unsaturated/α-hetero) is 1. The molecule has 0 N–H and O–H groups in total. The number of benzene rings is 4. The summed E-state index contributed by atoms with van der Waals surface area (Å²) in [5, 5.41) is 2.23. The van der Waals surface area contributed by atoms with E-state index in [9.17, 15) is 14.4 Å². The molecular weight excluding hydrogens is 484 g/mol. The van der Waals surface area contributed by atoms with Gasteiger partial charge in [0, 0.05) is 17.7 Å². The largest absolute Gasteiger partial charge is 0.308 e. The number of rotatable bonds is 11. The summed E-state index contributed by atoms with van der Waals surface area (Å²) in [6.07, 6.45) is 2.83. The van der Waals surface area contributed by atoms with Gasteiger partial charge in [-0.15, -0.1) is 0 Å². The van der Waals surface area contributed by atoms with Crippen LogP contribution in [-0.4, -0.2) is 24.6 Å². The minimum Gasteiger partial charge on any atom is -0.308 e. The molecule has 0 spiro atoms. The van der Waals surface area contributed by atoms with E-state index in [0.717, 1.165) is 41.2 Å². The van der Waals surface area contributed by atoms with Crippen molar-refractivity contribution < 1.29 is 14.4 Å². The van der Waals surface area contributed by atoms with Crippen LogP contribution in [0.1, 0.15) is 65.5 Å². The zero-order chi connectivity index (χ0) is 27.9. The molecule has 1 atom stereocenters. The van der Waals surface area contributed by atoms with Gasteiger partial charge in [0.05, 0.1) is 17.9 Å². The van der Waals surface area contributed by atoms with Crippen molar-refractivity contribution >= 4 is 40.2 Å². The number of ketones is 1. The number of amides is 2. The Hall–Kier alpha value is -4.25. The molecule has 5 nitrogen and oxygen atoms in total. The quantitative estimate of drug-likeness (QED) is 0.151. The molecule has 0 saturated carbocycles. The number of hydrogen-bond donors (Lipinski definition) is 0. The first-order valence-corrected chi connectivity index (χ1v) is 13.5. The molecule has 39 heavy (non-hydrogen) atoms. The number of hydrogen-bond acceptors (Lipinski definition) is 3. The highest BCUT2D eigenvalue weighted by Gasteiger charge is 2.25. The van der Waals surface area contributed by atoms with Crippen molar-refractivity contribution in [1.29, 1.82) is 0 Å². The molecule has 0 aliphatic rings. The molecule has 0 bridgehead atoms. The van der Waals surface area contributed by atoms with Crippen LogP contribution in [0.4, 0.5) is 11.4 Å². The van der Waals surface area contributed by atoms with Crippen molar-refractivity contribution in [1.82, 2.24) is 0 Å². The fraction of sp³-hybridized carbons (Fsp3) is 0.265. The maximum atomic E-state index is 14.0. The molecule has 5 heteroatoms. The Morgan fingerprint density at radius 2 is 1.49 bits per heavy atom. The molecule has 0 aromatic heterocycles. The molecule has 0 fully saturated rings. The van der Waals surface area contributed by atoms with Crippen molar-refractivity contribution in [2.75, 3.05) is 16.3 Å². The first-order chi connectivity index (χ1) is 18.8. The third-order valence-electron chi connectivity index (χ3n) is 7.27. The Balaban J connectivity index is 1.76. The van der Waals surface area contributed by atoms with Gasteiger partial charge >= 0.3 is 0 Å². The number of carbonyl (C=O) groups excluding carboxylic acids is 3. The first kappa shape index (κ1) is 27.8. The van der Waals surface area contributed by atoms with Crippen LogP contribution in [0.3, 0.4) is 0 Å². The minimum absolute atomic E-state index is 0.0434. The number of anilines is 2. The molecular formula is C34H36N2O3. The van der Waals surface area contributed by atoms with Crippen molar-refractivity contribution in [2.24, 2.45) is 5.92 Å². The van der Waals surface area contributed by atoms with E-state index >= 15 is 0 Å². The zero-order valence-corrected chi connectivity index (χ0v) is 23.2. The predicted octanol–water partition coefficient (Wildman–Crippen LogP) is 7.60. The van der Waals surface area contributed by atoms with Crippen molar-refractivity contribution in [3.63, 3.8) is 0 Å². The van der Waals surface area contributed by atoms with Crippen molar-refractivity contribution in [3.8, 4) is 0 Å². The van der Waals surface area contributed by atoms with Gasteiger partial charge in [-0.2, -0.15) is 0 Å². The third kappa shape index (κ3) is 6.26. The van der Waals surface area contributed by atoms with E-state index < -0.39 is 0 Å². The average molecular weight is 521 g/mol. The zero-order valence-electron chi connectivity index (χ0n) is 23.2. The Labute approximate surface area is 231 Å². The molecule has 4 aromatic rings. The van der Waals surface area contributed by atoms with Crippen LogP contribution in [0.5, 0.6) is 0 Å². The van der Waals surface area contributed by atoms with Crippen LogP contribution < -0.4 is 9.80 Å². The molecule has 2 amide bonds. The summed E-state index contributed by atoms with van der Waals surface area (Å²) in [5.41, 5.74) is 4.61. The summed E-state index contributed by atoms with van der Waals surface area (Å²) in [7, 11) is 0.